The summed E-state index contributed by atoms with van der Waals surface area (Å²) in [5, 5.41) is 44.9. The van der Waals surface area contributed by atoms with Gasteiger partial charge in [-0.05, 0) is 74.5 Å². The third-order valence-corrected chi connectivity index (χ3v) is 8.65. The molecule has 1 amide bonds. The quantitative estimate of drug-likeness (QED) is 0.342. The molecule has 6 N–H and O–H groups in total. The van der Waals surface area contributed by atoms with Gasteiger partial charge in [0.2, 0.25) is 5.78 Å². The van der Waals surface area contributed by atoms with Gasteiger partial charge >= 0.3 is 0 Å². The minimum Gasteiger partial charge on any atom is -0.508 e. The maximum Gasteiger partial charge on any atom is 0.255 e. The molecule has 0 saturated heterocycles. The summed E-state index contributed by atoms with van der Waals surface area (Å²) in [5.41, 5.74) is 3.04. The molecule has 1 heterocycles. The number of aliphatic hydroxyl groups excluding tert-OH is 2. The number of fused-ring (bicyclic) bond motifs is 3. The highest BCUT2D eigenvalue weighted by Gasteiger charge is 2.64. The SMILES string of the molecule is CN(C)[C@H]1C(=O)C(C(N)=O)=C(O)[C@]2(O)C(=O)C3=C(O)c4c(O)ccc(-c5ccc(CCC(C)(C)C)o5)c4C[C@@H]3C[C@H]12. The Hall–Kier alpha value is -3.89. The average molecular weight is 565 g/mol. The van der Waals surface area contributed by atoms with Crippen molar-refractivity contribution in [2.24, 2.45) is 23.0 Å². The lowest BCUT2D eigenvalue weighted by atomic mass is 9.57. The van der Waals surface area contributed by atoms with E-state index in [9.17, 15) is 34.8 Å². The first-order chi connectivity index (χ1) is 19.1. The van der Waals surface area contributed by atoms with E-state index in [-0.39, 0.29) is 35.1 Å². The van der Waals surface area contributed by atoms with E-state index in [4.69, 9.17) is 10.2 Å². The zero-order valence-electron chi connectivity index (χ0n) is 23.8. The highest BCUT2D eigenvalue weighted by atomic mass is 16.4. The van der Waals surface area contributed by atoms with Crippen LogP contribution in [-0.2, 0) is 27.2 Å². The van der Waals surface area contributed by atoms with Gasteiger partial charge in [-0.3, -0.25) is 19.3 Å². The molecule has 5 rings (SSSR count). The van der Waals surface area contributed by atoms with Gasteiger partial charge in [0.15, 0.2) is 11.4 Å². The maximum atomic E-state index is 14.0. The number of hydrogen-bond acceptors (Lipinski definition) is 9. The van der Waals surface area contributed by atoms with Crippen LogP contribution in [0.4, 0.5) is 0 Å². The first-order valence-electron chi connectivity index (χ1n) is 13.7. The summed E-state index contributed by atoms with van der Waals surface area (Å²) in [6, 6.07) is 5.70. The standard InChI is InChI=1S/C31H36N2O8/c1-30(2,3)11-10-15-6-9-20(41-15)16-7-8-19(34)22-17(16)12-14-13-18-24(33(4)5)26(36)23(29(32)39)28(38)31(18,40)27(37)21(14)25(22)35/h6-9,14,18,24,34-35,38,40H,10-13H2,1-5H3,(H2,32,39)/t14-,18-,24-,31-/m1/s1. The first-order valence-corrected chi connectivity index (χ1v) is 13.7. The molecule has 2 aromatic rings. The van der Waals surface area contributed by atoms with Crippen molar-refractivity contribution < 1.29 is 39.2 Å². The number of aromatic hydroxyl groups is 1. The summed E-state index contributed by atoms with van der Waals surface area (Å²) in [5.74, 6) is -5.43. The Kier molecular flexibility index (Phi) is 6.70. The summed E-state index contributed by atoms with van der Waals surface area (Å²) in [6.45, 7) is 6.45. The molecule has 1 aromatic carbocycles. The van der Waals surface area contributed by atoms with Crippen molar-refractivity contribution in [2.45, 2.75) is 58.1 Å². The molecule has 3 aliphatic carbocycles. The zero-order valence-corrected chi connectivity index (χ0v) is 23.8. The van der Waals surface area contributed by atoms with Crippen molar-refractivity contribution in [3.63, 3.8) is 0 Å². The van der Waals surface area contributed by atoms with E-state index in [1.807, 2.05) is 12.1 Å². The fraction of sp³-hybridized carbons (Fsp3) is 0.452. The molecular formula is C31H36N2O8. The zero-order chi connectivity index (χ0) is 30.2. The Morgan fingerprint density at radius 1 is 1.12 bits per heavy atom. The van der Waals surface area contributed by atoms with Gasteiger partial charge in [0.25, 0.3) is 5.91 Å². The number of hydrogen-bond donors (Lipinski definition) is 5. The second kappa shape index (κ2) is 9.60. The number of Topliss-reactive ketones (excluding diaryl/α,β-unsaturated/α-hetero) is 2. The van der Waals surface area contributed by atoms with E-state index >= 15 is 0 Å². The van der Waals surface area contributed by atoms with Crippen LogP contribution in [0.25, 0.3) is 17.1 Å². The largest absolute Gasteiger partial charge is 0.508 e. The van der Waals surface area contributed by atoms with Crippen LogP contribution in [-0.4, -0.2) is 68.5 Å². The number of amides is 1. The van der Waals surface area contributed by atoms with Crippen LogP contribution in [0, 0.1) is 17.3 Å². The van der Waals surface area contributed by atoms with E-state index in [0.29, 0.717) is 16.9 Å². The summed E-state index contributed by atoms with van der Waals surface area (Å²) >= 11 is 0. The van der Waals surface area contributed by atoms with E-state index in [1.165, 1.54) is 11.0 Å². The molecule has 218 valence electrons. The van der Waals surface area contributed by atoms with Crippen molar-refractivity contribution in [2.75, 3.05) is 14.1 Å². The third kappa shape index (κ3) is 4.36. The first kappa shape index (κ1) is 28.6. The van der Waals surface area contributed by atoms with Gasteiger partial charge in [0.1, 0.15) is 34.4 Å². The monoisotopic (exact) mass is 564 g/mol. The molecular weight excluding hydrogens is 528 g/mol. The smallest absolute Gasteiger partial charge is 0.255 e. The fourth-order valence-electron chi connectivity index (χ4n) is 6.63. The lowest BCUT2D eigenvalue weighted by Gasteiger charge is -2.50. The maximum absolute atomic E-state index is 14.0. The number of carbonyl (C=O) groups excluding carboxylic acids is 3. The minimum absolute atomic E-state index is 0.0237. The van der Waals surface area contributed by atoms with Crippen LogP contribution < -0.4 is 5.73 Å². The number of carbonyl (C=O) groups is 3. The number of rotatable bonds is 5. The predicted octanol–water partition coefficient (Wildman–Crippen LogP) is 3.20. The van der Waals surface area contributed by atoms with Crippen LogP contribution in [0.2, 0.25) is 0 Å². The van der Waals surface area contributed by atoms with Crippen LogP contribution in [0.3, 0.4) is 0 Å². The summed E-state index contributed by atoms with van der Waals surface area (Å²) < 4.78 is 6.16. The summed E-state index contributed by atoms with van der Waals surface area (Å²) in [4.78, 5) is 40.8. The number of furan rings is 1. The number of likely N-dealkylation sites (N-methyl/N-ethyl adjacent to an activating group) is 1. The van der Waals surface area contributed by atoms with Crippen molar-refractivity contribution in [1.29, 1.82) is 0 Å². The normalized spacial score (nSPS) is 26.3. The highest BCUT2D eigenvalue weighted by Crippen LogP contribution is 2.53. The molecule has 0 spiro atoms. The molecule has 1 aromatic heterocycles. The Morgan fingerprint density at radius 3 is 2.41 bits per heavy atom. The lowest BCUT2D eigenvalue weighted by Crippen LogP contribution is -2.65. The number of phenolic OH excluding ortho intramolecular Hbond substituents is 1. The highest BCUT2D eigenvalue weighted by molar-refractivity contribution is 6.24. The lowest BCUT2D eigenvalue weighted by molar-refractivity contribution is -0.153. The Morgan fingerprint density at radius 2 is 1.80 bits per heavy atom. The number of benzene rings is 1. The molecule has 0 aliphatic heterocycles. The number of aryl methyl sites for hydroxylation is 1. The van der Waals surface area contributed by atoms with Crippen molar-refractivity contribution >= 4 is 23.2 Å². The number of ketones is 2. The molecule has 1 saturated carbocycles. The van der Waals surface area contributed by atoms with Crippen molar-refractivity contribution in [1.82, 2.24) is 4.90 Å². The summed E-state index contributed by atoms with van der Waals surface area (Å²) in [7, 11) is 3.13. The van der Waals surface area contributed by atoms with Crippen molar-refractivity contribution in [3.8, 4) is 17.1 Å². The number of aliphatic hydroxyl groups is 3. The topological polar surface area (TPSA) is 175 Å². The molecule has 0 unspecified atom stereocenters. The van der Waals surface area contributed by atoms with E-state index in [0.717, 1.165) is 18.6 Å². The Bertz CT molecular complexity index is 1540. The number of primary amides is 1. The molecule has 10 nitrogen and oxygen atoms in total. The minimum atomic E-state index is -2.67. The van der Waals surface area contributed by atoms with Gasteiger partial charge in [0, 0.05) is 23.5 Å². The van der Waals surface area contributed by atoms with Crippen LogP contribution >= 0.6 is 0 Å². The predicted molar refractivity (Wildman–Crippen MR) is 150 cm³/mol. The van der Waals surface area contributed by atoms with Gasteiger partial charge in [0.05, 0.1) is 11.6 Å². The number of nitrogens with zero attached hydrogens (tertiary/aromatic N) is 1. The van der Waals surface area contributed by atoms with Gasteiger partial charge in [-0.25, -0.2) is 0 Å². The van der Waals surface area contributed by atoms with E-state index in [1.54, 1.807) is 20.2 Å². The Balaban J connectivity index is 1.64. The number of nitrogens with two attached hydrogens (primary N) is 1. The van der Waals surface area contributed by atoms with Crippen LogP contribution in [0.1, 0.15) is 50.5 Å². The van der Waals surface area contributed by atoms with E-state index < -0.39 is 58.0 Å². The van der Waals surface area contributed by atoms with Crippen LogP contribution in [0.15, 0.2) is 45.6 Å². The molecule has 41 heavy (non-hydrogen) atoms. The Labute approximate surface area is 237 Å². The third-order valence-electron chi connectivity index (χ3n) is 8.65. The van der Waals surface area contributed by atoms with Crippen molar-refractivity contribution in [3.05, 3.63) is 58.1 Å². The fourth-order valence-corrected chi connectivity index (χ4v) is 6.63. The second-order valence-corrected chi connectivity index (χ2v) is 12.8. The second-order valence-electron chi connectivity index (χ2n) is 12.8. The summed E-state index contributed by atoms with van der Waals surface area (Å²) in [6.07, 6.45) is 1.87. The molecule has 1 fully saturated rings. The molecule has 0 bridgehead atoms. The molecule has 0 radical (unpaired) electrons. The van der Waals surface area contributed by atoms with Gasteiger partial charge < -0.3 is 30.6 Å². The molecule has 3 aliphatic rings. The van der Waals surface area contributed by atoms with Gasteiger partial charge in [-0.1, -0.05) is 20.8 Å². The van der Waals surface area contributed by atoms with Gasteiger partial charge in [-0.15, -0.1) is 0 Å². The average Bonchev–Trinajstić information content (AvgIpc) is 3.33. The molecule has 4 atom stereocenters. The number of phenols is 1. The van der Waals surface area contributed by atoms with Gasteiger partial charge in [-0.2, -0.15) is 0 Å². The molecule has 10 heteroatoms. The van der Waals surface area contributed by atoms with Crippen LogP contribution in [0.5, 0.6) is 5.75 Å². The van der Waals surface area contributed by atoms with E-state index in [2.05, 4.69) is 20.8 Å².